The largest absolute Gasteiger partial charge is 0.483 e. The monoisotopic (exact) mass is 507 g/mol. The molecule has 0 saturated heterocycles. The summed E-state index contributed by atoms with van der Waals surface area (Å²) < 4.78 is 73.4. The van der Waals surface area contributed by atoms with Gasteiger partial charge in [-0.2, -0.15) is 13.9 Å². The molecule has 0 aliphatic rings. The van der Waals surface area contributed by atoms with Crippen LogP contribution in [0, 0.1) is 29.1 Å². The summed E-state index contributed by atoms with van der Waals surface area (Å²) in [5.74, 6) is -8.39. The topological polar surface area (TPSA) is 56.2 Å². The Morgan fingerprint density at radius 1 is 0.914 bits per heavy atom. The van der Waals surface area contributed by atoms with Gasteiger partial charge in [0.1, 0.15) is 17.4 Å². The molecule has 4 aromatic rings. The highest BCUT2D eigenvalue weighted by atomic mass is 35.5. The van der Waals surface area contributed by atoms with Crippen molar-refractivity contribution in [1.82, 2.24) is 9.78 Å². The van der Waals surface area contributed by atoms with E-state index in [2.05, 4.69) is 10.4 Å². The van der Waals surface area contributed by atoms with E-state index in [1.165, 1.54) is 47.3 Å². The molecule has 180 valence electrons. The fraction of sp³-hybridized carbons (Fsp3) is 0.0833. The van der Waals surface area contributed by atoms with E-state index in [0.717, 1.165) is 5.56 Å². The molecule has 0 unspecified atom stereocenters. The second kappa shape index (κ2) is 10.1. The van der Waals surface area contributed by atoms with Gasteiger partial charge in [-0.3, -0.25) is 9.48 Å². The molecular weight excluding hydrogens is 493 g/mol. The summed E-state index contributed by atoms with van der Waals surface area (Å²) in [6, 6.07) is 11.6. The lowest BCUT2D eigenvalue weighted by atomic mass is 10.1. The fourth-order valence-corrected chi connectivity index (χ4v) is 3.30. The molecule has 4 rings (SSSR count). The molecule has 5 nitrogen and oxygen atoms in total. The maximum atomic E-state index is 13.7. The summed E-state index contributed by atoms with van der Waals surface area (Å²) in [4.78, 5) is 12.6. The van der Waals surface area contributed by atoms with Crippen LogP contribution in [0.3, 0.4) is 0 Å². The quantitative estimate of drug-likeness (QED) is 0.242. The zero-order valence-electron chi connectivity index (χ0n) is 17.7. The molecule has 1 N–H and O–H groups in total. The Kier molecular flexibility index (Phi) is 7.02. The Morgan fingerprint density at radius 3 is 2.14 bits per heavy atom. The van der Waals surface area contributed by atoms with Gasteiger partial charge in [-0.1, -0.05) is 35.9 Å². The molecule has 0 bridgehead atoms. The van der Waals surface area contributed by atoms with Crippen LogP contribution in [0.15, 0.2) is 60.8 Å². The van der Waals surface area contributed by atoms with Crippen LogP contribution in [0.4, 0.5) is 27.8 Å². The maximum Gasteiger partial charge on any atom is 0.256 e. The van der Waals surface area contributed by atoms with Crippen LogP contribution in [0.2, 0.25) is 5.02 Å². The molecule has 0 radical (unpaired) electrons. The first-order chi connectivity index (χ1) is 16.7. The minimum Gasteiger partial charge on any atom is -0.483 e. The average Bonchev–Trinajstić information content (AvgIpc) is 3.18. The van der Waals surface area contributed by atoms with Crippen LogP contribution in [-0.2, 0) is 13.2 Å². The van der Waals surface area contributed by atoms with Crippen molar-refractivity contribution in [3.05, 3.63) is 112 Å². The summed E-state index contributed by atoms with van der Waals surface area (Å²) >= 11 is 6.15. The molecule has 0 fully saturated rings. The standard InChI is InChI=1S/C24H15ClF5N3O2/c25-17-11-33(10-13-3-7-16(26)8-4-13)32-23(17)31-24(34)15-5-1-14(2-6-15)12-35-22-20(29)18(27)9-19(28)21(22)30/h1-9,11H,10,12H2,(H,31,32,34). The third-order valence-corrected chi connectivity index (χ3v) is 5.15. The van der Waals surface area contributed by atoms with E-state index in [-0.39, 0.29) is 28.3 Å². The number of hydrogen-bond acceptors (Lipinski definition) is 3. The van der Waals surface area contributed by atoms with E-state index in [1.807, 2.05) is 0 Å². The number of carbonyl (C=O) groups is 1. The van der Waals surface area contributed by atoms with E-state index in [0.29, 0.717) is 12.1 Å². The lowest BCUT2D eigenvalue weighted by Crippen LogP contribution is -2.13. The Balaban J connectivity index is 1.39. The maximum absolute atomic E-state index is 13.7. The Hall–Kier alpha value is -3.92. The molecule has 0 aliphatic heterocycles. The summed E-state index contributed by atoms with van der Waals surface area (Å²) in [7, 11) is 0. The van der Waals surface area contributed by atoms with Crippen molar-refractivity contribution in [3.8, 4) is 5.75 Å². The predicted octanol–water partition coefficient (Wildman–Crippen LogP) is 6.11. The highest BCUT2D eigenvalue weighted by molar-refractivity contribution is 6.33. The van der Waals surface area contributed by atoms with Gasteiger partial charge in [0.2, 0.25) is 11.6 Å². The molecule has 1 aromatic heterocycles. The number of carbonyl (C=O) groups excluding carboxylic acids is 1. The number of amides is 1. The van der Waals surface area contributed by atoms with Crippen molar-refractivity contribution in [1.29, 1.82) is 0 Å². The number of rotatable bonds is 7. The molecule has 11 heteroatoms. The zero-order chi connectivity index (χ0) is 25.1. The second-order valence-electron chi connectivity index (χ2n) is 7.39. The Labute approximate surface area is 200 Å². The number of nitrogens with one attached hydrogen (secondary N) is 1. The molecule has 0 spiro atoms. The first kappa shape index (κ1) is 24.2. The first-order valence-electron chi connectivity index (χ1n) is 10.0. The van der Waals surface area contributed by atoms with Gasteiger partial charge < -0.3 is 10.1 Å². The van der Waals surface area contributed by atoms with Crippen LogP contribution in [0.1, 0.15) is 21.5 Å². The van der Waals surface area contributed by atoms with Crippen molar-refractivity contribution in [2.75, 3.05) is 5.32 Å². The Bertz CT molecular complexity index is 1350. The van der Waals surface area contributed by atoms with E-state index in [4.69, 9.17) is 16.3 Å². The summed E-state index contributed by atoms with van der Waals surface area (Å²) in [6.45, 7) is -0.0980. The highest BCUT2D eigenvalue weighted by Gasteiger charge is 2.20. The average molecular weight is 508 g/mol. The van der Waals surface area contributed by atoms with E-state index in [9.17, 15) is 26.7 Å². The van der Waals surface area contributed by atoms with Gasteiger partial charge in [-0.25, -0.2) is 13.2 Å². The van der Waals surface area contributed by atoms with E-state index in [1.54, 1.807) is 12.1 Å². The second-order valence-corrected chi connectivity index (χ2v) is 7.79. The lowest BCUT2D eigenvalue weighted by Gasteiger charge is -2.10. The number of ether oxygens (including phenoxy) is 1. The molecule has 3 aromatic carbocycles. The van der Waals surface area contributed by atoms with Crippen molar-refractivity contribution >= 4 is 23.3 Å². The SMILES string of the molecule is O=C(Nc1nn(Cc2ccc(F)cc2)cc1Cl)c1ccc(COc2c(F)c(F)cc(F)c2F)cc1. The van der Waals surface area contributed by atoms with Crippen LogP contribution >= 0.6 is 11.6 Å². The molecule has 0 saturated carbocycles. The highest BCUT2D eigenvalue weighted by Crippen LogP contribution is 2.27. The van der Waals surface area contributed by atoms with Gasteiger partial charge in [-0.15, -0.1) is 0 Å². The summed E-state index contributed by atoms with van der Waals surface area (Å²) in [5, 5.41) is 6.97. The van der Waals surface area contributed by atoms with Gasteiger partial charge >= 0.3 is 0 Å². The number of hydrogen-bond donors (Lipinski definition) is 1. The van der Waals surface area contributed by atoms with Crippen LogP contribution < -0.4 is 10.1 Å². The number of benzene rings is 3. The predicted molar refractivity (Wildman–Crippen MR) is 118 cm³/mol. The van der Waals surface area contributed by atoms with Gasteiger partial charge in [0.05, 0.1) is 6.54 Å². The van der Waals surface area contributed by atoms with Crippen molar-refractivity contribution in [2.24, 2.45) is 0 Å². The number of nitrogens with zero attached hydrogens (tertiary/aromatic N) is 2. The minimum absolute atomic E-state index is 0.0863. The molecule has 35 heavy (non-hydrogen) atoms. The molecule has 1 amide bonds. The fourth-order valence-electron chi connectivity index (χ4n) is 3.11. The number of aromatic nitrogens is 2. The van der Waals surface area contributed by atoms with Gasteiger partial charge in [0, 0.05) is 17.8 Å². The molecule has 1 heterocycles. The third-order valence-electron chi connectivity index (χ3n) is 4.88. The molecule has 0 aliphatic carbocycles. The van der Waals surface area contributed by atoms with Crippen molar-refractivity contribution < 1.29 is 31.5 Å². The molecule has 0 atom stereocenters. The summed E-state index contributed by atoms with van der Waals surface area (Å²) in [6.07, 6.45) is 1.51. The minimum atomic E-state index is -1.64. The summed E-state index contributed by atoms with van der Waals surface area (Å²) in [5.41, 5.74) is 1.38. The van der Waals surface area contributed by atoms with Crippen molar-refractivity contribution in [2.45, 2.75) is 13.2 Å². The smallest absolute Gasteiger partial charge is 0.256 e. The Morgan fingerprint density at radius 2 is 1.51 bits per heavy atom. The van der Waals surface area contributed by atoms with Gasteiger partial charge in [0.15, 0.2) is 23.2 Å². The normalized spacial score (nSPS) is 10.9. The lowest BCUT2D eigenvalue weighted by molar-refractivity contribution is 0.102. The first-order valence-corrected chi connectivity index (χ1v) is 10.4. The van der Waals surface area contributed by atoms with Gasteiger partial charge in [-0.05, 0) is 35.4 Å². The van der Waals surface area contributed by atoms with Gasteiger partial charge in [0.25, 0.3) is 5.91 Å². The van der Waals surface area contributed by atoms with Crippen LogP contribution in [-0.4, -0.2) is 15.7 Å². The molecular formula is C24H15ClF5N3O2. The number of halogens is 6. The van der Waals surface area contributed by atoms with Crippen LogP contribution in [0.5, 0.6) is 5.75 Å². The third kappa shape index (κ3) is 5.60. The van der Waals surface area contributed by atoms with E-state index >= 15 is 0 Å². The van der Waals surface area contributed by atoms with Crippen molar-refractivity contribution in [3.63, 3.8) is 0 Å². The number of anilines is 1. The zero-order valence-corrected chi connectivity index (χ0v) is 18.4. The van der Waals surface area contributed by atoms with Crippen LogP contribution in [0.25, 0.3) is 0 Å². The van der Waals surface area contributed by atoms with E-state index < -0.39 is 41.5 Å².